The van der Waals surface area contributed by atoms with E-state index in [1.165, 1.54) is 21.9 Å². The van der Waals surface area contributed by atoms with E-state index in [-0.39, 0.29) is 0 Å². The highest BCUT2D eigenvalue weighted by atomic mass is 15.5. The Balaban J connectivity index is 2.04. The van der Waals surface area contributed by atoms with Crippen molar-refractivity contribution >= 4 is 18.0 Å². The van der Waals surface area contributed by atoms with Crippen molar-refractivity contribution in [2.75, 3.05) is 5.43 Å². The van der Waals surface area contributed by atoms with Crippen LogP contribution in [0, 0.1) is 0 Å². The van der Waals surface area contributed by atoms with Crippen LogP contribution in [-0.2, 0) is 6.54 Å². The molecule has 2 aliphatic heterocycles. The fourth-order valence-electron chi connectivity index (χ4n) is 2.87. The molecule has 0 spiro atoms. The minimum absolute atomic E-state index is 0.404. The van der Waals surface area contributed by atoms with Crippen molar-refractivity contribution in [3.63, 3.8) is 0 Å². The summed E-state index contributed by atoms with van der Waals surface area (Å²) in [4.78, 5) is 0. The first-order valence-corrected chi connectivity index (χ1v) is 6.93. The van der Waals surface area contributed by atoms with Crippen molar-refractivity contribution in [1.29, 1.82) is 0 Å². The largest absolute Gasteiger partial charge is 0.290 e. The zero-order chi connectivity index (χ0) is 13.7. The summed E-state index contributed by atoms with van der Waals surface area (Å²) < 4.78 is 0. The molecule has 0 saturated carbocycles. The van der Waals surface area contributed by atoms with Crippen molar-refractivity contribution in [2.24, 2.45) is 10.2 Å². The van der Waals surface area contributed by atoms with Crippen molar-refractivity contribution in [2.45, 2.75) is 26.4 Å². The molecule has 2 heterocycles. The molecular formula is C16H16N4. The van der Waals surface area contributed by atoms with Crippen LogP contribution in [0.3, 0.4) is 0 Å². The van der Waals surface area contributed by atoms with Gasteiger partial charge in [-0.25, -0.2) is 0 Å². The zero-order valence-corrected chi connectivity index (χ0v) is 11.6. The summed E-state index contributed by atoms with van der Waals surface area (Å²) >= 11 is 0. The summed E-state index contributed by atoms with van der Waals surface area (Å²) in [6.45, 7) is 5.21. The Labute approximate surface area is 117 Å². The first-order valence-electron chi connectivity index (χ1n) is 6.93. The summed E-state index contributed by atoms with van der Waals surface area (Å²) in [6.07, 6.45) is 3.83. The van der Waals surface area contributed by atoms with Gasteiger partial charge in [-0.2, -0.15) is 10.2 Å². The van der Waals surface area contributed by atoms with Crippen LogP contribution < -0.4 is 16.0 Å². The van der Waals surface area contributed by atoms with Gasteiger partial charge in [0.05, 0.1) is 17.6 Å². The molecule has 0 aromatic carbocycles. The molecule has 4 heteroatoms. The standard InChI is InChI=1S/C16H16N4/c1-10(2)20-9-12-4-3-11-7-8-17-18-16(11)13-5-6-14(19-20)15(12)13/h3-8,10,18H,9H2,1-2H3. The number of fused-ring (bicyclic) bond motifs is 2. The summed E-state index contributed by atoms with van der Waals surface area (Å²) in [5, 5.41) is 13.3. The Morgan fingerprint density at radius 3 is 2.95 bits per heavy atom. The minimum Gasteiger partial charge on any atom is -0.290 e. The maximum Gasteiger partial charge on any atom is 0.0914 e. The number of hydrogen-bond acceptors (Lipinski definition) is 4. The lowest BCUT2D eigenvalue weighted by atomic mass is 10.0. The molecular weight excluding hydrogens is 248 g/mol. The monoisotopic (exact) mass is 264 g/mol. The normalized spacial score (nSPS) is 15.7. The topological polar surface area (TPSA) is 40.0 Å². The van der Waals surface area contributed by atoms with E-state index in [0.29, 0.717) is 6.04 Å². The second-order valence-electron chi connectivity index (χ2n) is 5.54. The molecule has 2 aliphatic carbocycles. The van der Waals surface area contributed by atoms with Gasteiger partial charge in [0.15, 0.2) is 0 Å². The minimum atomic E-state index is 0.404. The molecule has 1 N–H and O–H groups in total. The lowest BCUT2D eigenvalue weighted by Crippen LogP contribution is -2.31. The number of nitrogens with zero attached hydrogens (tertiary/aromatic N) is 3. The highest BCUT2D eigenvalue weighted by molar-refractivity contribution is 5.96. The third-order valence-electron chi connectivity index (χ3n) is 3.95. The van der Waals surface area contributed by atoms with E-state index in [0.717, 1.165) is 17.6 Å². The van der Waals surface area contributed by atoms with E-state index in [9.17, 15) is 0 Å². The van der Waals surface area contributed by atoms with Gasteiger partial charge in [-0.1, -0.05) is 12.1 Å². The zero-order valence-electron chi connectivity index (χ0n) is 11.6. The second-order valence-corrected chi connectivity index (χ2v) is 5.54. The molecule has 4 nitrogen and oxygen atoms in total. The fraction of sp³-hybridized carbons (Fsp3) is 0.250. The average molecular weight is 264 g/mol. The van der Waals surface area contributed by atoms with Crippen LogP contribution >= 0.6 is 0 Å². The average Bonchev–Trinajstić information content (AvgIpc) is 2.81. The third-order valence-corrected chi connectivity index (χ3v) is 3.95. The van der Waals surface area contributed by atoms with Gasteiger partial charge >= 0.3 is 0 Å². The first kappa shape index (κ1) is 11.5. The van der Waals surface area contributed by atoms with Crippen LogP contribution in [0.5, 0.6) is 0 Å². The predicted octanol–water partition coefficient (Wildman–Crippen LogP) is 1.74. The lowest BCUT2D eigenvalue weighted by molar-refractivity contribution is 0.210. The van der Waals surface area contributed by atoms with Gasteiger partial charge in [-0.15, -0.1) is 0 Å². The Morgan fingerprint density at radius 1 is 1.20 bits per heavy atom. The third kappa shape index (κ3) is 1.54. The van der Waals surface area contributed by atoms with Gasteiger partial charge in [0.1, 0.15) is 0 Å². The van der Waals surface area contributed by atoms with E-state index in [4.69, 9.17) is 5.10 Å². The van der Waals surface area contributed by atoms with Crippen LogP contribution in [-0.4, -0.2) is 17.3 Å². The van der Waals surface area contributed by atoms with Gasteiger partial charge in [-0.05, 0) is 37.6 Å². The maximum absolute atomic E-state index is 4.76. The molecule has 0 aromatic rings. The molecule has 0 unspecified atom stereocenters. The van der Waals surface area contributed by atoms with Crippen LogP contribution in [0.1, 0.15) is 19.4 Å². The first-order chi connectivity index (χ1) is 9.74. The van der Waals surface area contributed by atoms with Crippen molar-refractivity contribution in [3.8, 4) is 11.1 Å². The summed E-state index contributed by atoms with van der Waals surface area (Å²) in [5.41, 5.74) is 7.99. The van der Waals surface area contributed by atoms with Crippen molar-refractivity contribution < 1.29 is 0 Å². The number of hydrogen-bond donors (Lipinski definition) is 1. The van der Waals surface area contributed by atoms with Gasteiger partial charge in [0.2, 0.25) is 0 Å². The molecule has 0 bridgehead atoms. The maximum atomic E-state index is 4.76. The van der Waals surface area contributed by atoms with Crippen LogP contribution in [0.4, 0.5) is 5.69 Å². The number of rotatable bonds is 1. The molecule has 0 radical (unpaired) electrons. The van der Waals surface area contributed by atoms with Crippen molar-refractivity contribution in [3.05, 3.63) is 40.4 Å². The summed E-state index contributed by atoms with van der Waals surface area (Å²) in [5.74, 6) is 0. The summed E-state index contributed by atoms with van der Waals surface area (Å²) in [6, 6.07) is 9.02. The van der Waals surface area contributed by atoms with Gasteiger partial charge in [-0.3, -0.25) is 10.4 Å². The molecule has 4 aliphatic rings. The van der Waals surface area contributed by atoms with Gasteiger partial charge < -0.3 is 0 Å². The molecule has 0 amide bonds. The Hall–Kier alpha value is -2.36. The predicted molar refractivity (Wildman–Crippen MR) is 81.1 cm³/mol. The molecule has 0 atom stereocenters. The van der Waals surface area contributed by atoms with Crippen molar-refractivity contribution in [1.82, 2.24) is 5.01 Å². The fourth-order valence-corrected chi connectivity index (χ4v) is 2.87. The molecule has 4 rings (SSSR count). The molecule has 20 heavy (non-hydrogen) atoms. The highest BCUT2D eigenvalue weighted by Gasteiger charge is 2.22. The number of anilines is 1. The number of nitrogens with one attached hydrogen (secondary N) is 1. The SMILES string of the molecule is CC(C)N1Cc2ccc3c(c4ccc(c2-4)=N1)NN=CC=3. The smallest absolute Gasteiger partial charge is 0.0914 e. The van der Waals surface area contributed by atoms with Crippen LogP contribution in [0.25, 0.3) is 17.2 Å². The Kier molecular flexibility index (Phi) is 2.33. The van der Waals surface area contributed by atoms with E-state index in [2.05, 4.69) is 53.6 Å². The van der Waals surface area contributed by atoms with E-state index < -0.39 is 0 Å². The Morgan fingerprint density at radius 2 is 2.10 bits per heavy atom. The van der Waals surface area contributed by atoms with Crippen LogP contribution in [0.15, 0.2) is 34.5 Å². The quantitative estimate of drug-likeness (QED) is 0.852. The molecule has 0 fully saturated rings. The lowest BCUT2D eigenvalue weighted by Gasteiger charge is -2.26. The second kappa shape index (κ2) is 4.07. The molecule has 0 aromatic heterocycles. The summed E-state index contributed by atoms with van der Waals surface area (Å²) in [7, 11) is 0. The number of hydrazone groups is 1. The van der Waals surface area contributed by atoms with E-state index in [1.54, 1.807) is 6.21 Å². The van der Waals surface area contributed by atoms with E-state index >= 15 is 0 Å². The highest BCUT2D eigenvalue weighted by Crippen LogP contribution is 2.31. The van der Waals surface area contributed by atoms with E-state index in [1.807, 2.05) is 6.08 Å². The molecule has 100 valence electrons. The molecule has 0 saturated heterocycles. The van der Waals surface area contributed by atoms with Gasteiger partial charge in [0.25, 0.3) is 0 Å². The Bertz CT molecular complexity index is 804. The van der Waals surface area contributed by atoms with Crippen LogP contribution in [0.2, 0.25) is 0 Å². The van der Waals surface area contributed by atoms with Gasteiger partial charge in [0, 0.05) is 28.6 Å².